The molecule has 1 aliphatic rings. The van der Waals surface area contributed by atoms with Gasteiger partial charge in [0.05, 0.1) is 23.7 Å². The molecule has 0 bridgehead atoms. The summed E-state index contributed by atoms with van der Waals surface area (Å²) < 4.78 is 5.02. The Morgan fingerprint density at radius 3 is 2.20 bits per heavy atom. The predicted molar refractivity (Wildman–Crippen MR) is 72.2 cm³/mol. The fraction of sp³-hybridized carbons (Fsp3) is 0.400. The van der Waals surface area contributed by atoms with E-state index in [0.717, 1.165) is 0 Å². The lowest BCUT2D eigenvalue weighted by atomic mass is 10.1. The number of fused-ring (bicyclic) bond motifs is 1. The number of amides is 2. The van der Waals surface area contributed by atoms with Gasteiger partial charge in [-0.3, -0.25) is 19.3 Å². The highest BCUT2D eigenvalue weighted by Gasteiger charge is 2.34. The first-order chi connectivity index (χ1) is 9.52. The summed E-state index contributed by atoms with van der Waals surface area (Å²) in [7, 11) is 0. The number of carbonyl (C=O) groups excluding carboxylic acids is 3. The third kappa shape index (κ3) is 2.71. The minimum atomic E-state index is -0.277. The van der Waals surface area contributed by atoms with Crippen LogP contribution in [-0.4, -0.2) is 35.8 Å². The normalized spacial score (nSPS) is 13.8. The highest BCUT2D eigenvalue weighted by atomic mass is 16.5. The van der Waals surface area contributed by atoms with Gasteiger partial charge in [-0.15, -0.1) is 0 Å². The number of hydrogen-bond acceptors (Lipinski definition) is 4. The van der Waals surface area contributed by atoms with Crippen molar-refractivity contribution in [2.75, 3.05) is 13.2 Å². The maximum absolute atomic E-state index is 12.0. The van der Waals surface area contributed by atoms with Gasteiger partial charge in [0.25, 0.3) is 11.8 Å². The van der Waals surface area contributed by atoms with E-state index in [0.29, 0.717) is 17.5 Å². The Morgan fingerprint density at radius 1 is 1.15 bits per heavy atom. The largest absolute Gasteiger partial charge is 0.465 e. The van der Waals surface area contributed by atoms with Gasteiger partial charge in [-0.1, -0.05) is 26.0 Å². The maximum Gasteiger partial charge on any atom is 0.308 e. The molecule has 0 radical (unpaired) electrons. The molecule has 0 spiro atoms. The number of rotatable bonds is 5. The van der Waals surface area contributed by atoms with Crippen LogP contribution in [0.25, 0.3) is 0 Å². The van der Waals surface area contributed by atoms with Gasteiger partial charge >= 0.3 is 5.97 Å². The molecule has 0 aromatic heterocycles. The van der Waals surface area contributed by atoms with Crippen LogP contribution in [0.5, 0.6) is 0 Å². The summed E-state index contributed by atoms with van der Waals surface area (Å²) >= 11 is 0. The molecule has 1 aliphatic heterocycles. The Bertz CT molecular complexity index is 516. The number of esters is 1. The molecule has 5 heteroatoms. The molecule has 0 atom stereocenters. The van der Waals surface area contributed by atoms with Crippen LogP contribution in [0.2, 0.25) is 0 Å². The number of carbonyl (C=O) groups is 3. The number of hydrogen-bond donors (Lipinski definition) is 0. The van der Waals surface area contributed by atoms with Gasteiger partial charge in [0.15, 0.2) is 0 Å². The molecular formula is C15H17NO4. The topological polar surface area (TPSA) is 63.7 Å². The fourth-order valence-corrected chi connectivity index (χ4v) is 2.00. The van der Waals surface area contributed by atoms with E-state index in [1.165, 1.54) is 4.90 Å². The highest BCUT2D eigenvalue weighted by Crippen LogP contribution is 2.22. The molecule has 2 rings (SSSR count). The van der Waals surface area contributed by atoms with Gasteiger partial charge in [0.2, 0.25) is 0 Å². The highest BCUT2D eigenvalue weighted by molar-refractivity contribution is 6.21. The molecule has 106 valence electrons. The zero-order valence-electron chi connectivity index (χ0n) is 11.6. The zero-order valence-corrected chi connectivity index (χ0v) is 11.6. The lowest BCUT2D eigenvalue weighted by Crippen LogP contribution is -2.31. The fourth-order valence-electron chi connectivity index (χ4n) is 2.00. The summed E-state index contributed by atoms with van der Waals surface area (Å²) in [6.07, 6.45) is 0.448. The molecule has 20 heavy (non-hydrogen) atoms. The monoisotopic (exact) mass is 275 g/mol. The summed E-state index contributed by atoms with van der Waals surface area (Å²) in [5, 5.41) is 0. The lowest BCUT2D eigenvalue weighted by Gasteiger charge is -2.14. The van der Waals surface area contributed by atoms with Crippen molar-refractivity contribution in [3.63, 3.8) is 0 Å². The van der Waals surface area contributed by atoms with Crippen LogP contribution in [-0.2, 0) is 9.53 Å². The molecular weight excluding hydrogens is 258 g/mol. The number of nitrogens with zero attached hydrogens (tertiary/aromatic N) is 1. The molecule has 0 saturated heterocycles. The number of imide groups is 1. The molecule has 0 aliphatic carbocycles. The van der Waals surface area contributed by atoms with E-state index < -0.39 is 0 Å². The number of benzene rings is 1. The Kier molecular flexibility index (Phi) is 4.17. The van der Waals surface area contributed by atoms with Crippen LogP contribution in [0.4, 0.5) is 0 Å². The van der Waals surface area contributed by atoms with E-state index >= 15 is 0 Å². The molecule has 0 unspecified atom stereocenters. The Morgan fingerprint density at radius 2 is 1.70 bits per heavy atom. The van der Waals surface area contributed by atoms with Gasteiger partial charge in [0.1, 0.15) is 0 Å². The van der Waals surface area contributed by atoms with Gasteiger partial charge in [0, 0.05) is 6.54 Å². The van der Waals surface area contributed by atoms with Crippen molar-refractivity contribution in [3.8, 4) is 0 Å². The molecule has 0 N–H and O–H groups in total. The Hall–Kier alpha value is -2.17. The van der Waals surface area contributed by atoms with Crippen LogP contribution in [0.3, 0.4) is 0 Å². The summed E-state index contributed by atoms with van der Waals surface area (Å²) in [6, 6.07) is 6.76. The molecule has 1 aromatic rings. The van der Waals surface area contributed by atoms with Crippen molar-refractivity contribution in [1.29, 1.82) is 0 Å². The van der Waals surface area contributed by atoms with Crippen molar-refractivity contribution in [3.05, 3.63) is 35.4 Å². The zero-order chi connectivity index (χ0) is 14.7. The average molecular weight is 275 g/mol. The average Bonchev–Trinajstić information content (AvgIpc) is 2.68. The van der Waals surface area contributed by atoms with Gasteiger partial charge in [-0.25, -0.2) is 0 Å². The summed E-state index contributed by atoms with van der Waals surface area (Å²) in [5.41, 5.74) is 0.883. The molecule has 0 saturated carbocycles. The van der Waals surface area contributed by atoms with E-state index in [9.17, 15) is 14.4 Å². The Balaban J connectivity index is 1.88. The Labute approximate surface area is 117 Å². The maximum atomic E-state index is 12.0. The molecule has 1 heterocycles. The second kappa shape index (κ2) is 5.86. The second-order valence-electron chi connectivity index (χ2n) is 4.98. The van der Waals surface area contributed by atoms with Crippen molar-refractivity contribution >= 4 is 17.8 Å². The van der Waals surface area contributed by atoms with Gasteiger partial charge in [-0.2, -0.15) is 0 Å². The first kappa shape index (κ1) is 14.2. The van der Waals surface area contributed by atoms with Crippen molar-refractivity contribution in [2.24, 2.45) is 5.92 Å². The van der Waals surface area contributed by atoms with E-state index in [1.54, 1.807) is 38.1 Å². The van der Waals surface area contributed by atoms with E-state index in [4.69, 9.17) is 4.74 Å². The lowest BCUT2D eigenvalue weighted by molar-refractivity contribution is -0.147. The van der Waals surface area contributed by atoms with E-state index in [2.05, 4.69) is 0 Å². The first-order valence-corrected chi connectivity index (χ1v) is 6.64. The standard InChI is InChI=1S/C15H17NO4/c1-10(2)15(19)20-9-5-8-16-13(17)11-6-3-4-7-12(11)14(16)18/h3-4,6-7,10H,5,8-9H2,1-2H3. The molecule has 2 amide bonds. The minimum Gasteiger partial charge on any atom is -0.465 e. The van der Waals surface area contributed by atoms with E-state index in [-0.39, 0.29) is 36.9 Å². The van der Waals surface area contributed by atoms with Crippen LogP contribution in [0, 0.1) is 5.92 Å². The van der Waals surface area contributed by atoms with Crippen molar-refractivity contribution in [2.45, 2.75) is 20.3 Å². The van der Waals surface area contributed by atoms with Crippen molar-refractivity contribution in [1.82, 2.24) is 4.90 Å². The SMILES string of the molecule is CC(C)C(=O)OCCCN1C(=O)c2ccccc2C1=O. The molecule has 5 nitrogen and oxygen atoms in total. The van der Waals surface area contributed by atoms with Crippen LogP contribution in [0.15, 0.2) is 24.3 Å². The summed E-state index contributed by atoms with van der Waals surface area (Å²) in [5.74, 6) is -0.997. The van der Waals surface area contributed by atoms with Crippen LogP contribution in [0.1, 0.15) is 41.0 Å². The third-order valence-electron chi connectivity index (χ3n) is 3.12. The molecule has 1 aromatic carbocycles. The second-order valence-corrected chi connectivity index (χ2v) is 4.98. The third-order valence-corrected chi connectivity index (χ3v) is 3.12. The van der Waals surface area contributed by atoms with E-state index in [1.807, 2.05) is 0 Å². The smallest absolute Gasteiger partial charge is 0.308 e. The minimum absolute atomic E-state index is 0.172. The quantitative estimate of drug-likeness (QED) is 0.467. The first-order valence-electron chi connectivity index (χ1n) is 6.64. The predicted octanol–water partition coefficient (Wildman–Crippen LogP) is 1.87. The van der Waals surface area contributed by atoms with Gasteiger partial charge < -0.3 is 4.74 Å². The van der Waals surface area contributed by atoms with Crippen LogP contribution < -0.4 is 0 Å². The van der Waals surface area contributed by atoms with Crippen LogP contribution >= 0.6 is 0 Å². The van der Waals surface area contributed by atoms with Gasteiger partial charge in [-0.05, 0) is 18.6 Å². The van der Waals surface area contributed by atoms with Crippen molar-refractivity contribution < 1.29 is 19.1 Å². The molecule has 0 fully saturated rings. The summed E-state index contributed by atoms with van der Waals surface area (Å²) in [6.45, 7) is 3.99. The summed E-state index contributed by atoms with van der Waals surface area (Å²) in [4.78, 5) is 36.6. The number of ether oxygens (including phenoxy) is 1.